The van der Waals surface area contributed by atoms with E-state index in [1.807, 2.05) is 37.3 Å². The molecule has 0 unspecified atom stereocenters. The number of aliphatic hydroxyl groups excluding tert-OH is 2. The Morgan fingerprint density at radius 2 is 1.68 bits per heavy atom. The highest BCUT2D eigenvalue weighted by Gasteiger charge is 2.76. The number of aliphatic carboxylic acids is 1. The van der Waals surface area contributed by atoms with Crippen molar-refractivity contribution in [2.24, 2.45) is 34.3 Å². The average molecular weight is 1080 g/mol. The maximum atomic E-state index is 14.0. The van der Waals surface area contributed by atoms with Crippen molar-refractivity contribution in [1.29, 1.82) is 0 Å². The van der Waals surface area contributed by atoms with Gasteiger partial charge in [-0.15, -0.1) is 11.3 Å². The summed E-state index contributed by atoms with van der Waals surface area (Å²) in [4.78, 5) is 106. The number of rotatable bonds is 22. The van der Waals surface area contributed by atoms with Crippen molar-refractivity contribution in [2.75, 3.05) is 30.3 Å². The Kier molecular flexibility index (Phi) is 17.5. The Morgan fingerprint density at radius 3 is 2.38 bits per heavy atom. The summed E-state index contributed by atoms with van der Waals surface area (Å²) in [6.45, 7) is 4.39. The van der Waals surface area contributed by atoms with Crippen molar-refractivity contribution >= 4 is 69.4 Å². The van der Waals surface area contributed by atoms with E-state index < -0.39 is 108 Å². The zero-order valence-electron chi connectivity index (χ0n) is 43.2. The van der Waals surface area contributed by atoms with E-state index in [4.69, 9.17) is 19.9 Å². The smallest absolute Gasteiger partial charge is 0.413 e. The third-order valence-electron chi connectivity index (χ3n) is 16.1. The first-order valence-electron chi connectivity index (χ1n) is 26.0. The highest BCUT2D eigenvalue weighted by atomic mass is 32.1. The topological polar surface area (TPSA) is 324 Å². The molecule has 1 saturated heterocycles. The normalized spacial score (nSPS) is 27.6. The van der Waals surface area contributed by atoms with Gasteiger partial charge in [-0.1, -0.05) is 61.9 Å². The largest absolute Gasteiger partial charge is 0.481 e. The second-order valence-electron chi connectivity index (χ2n) is 21.1. The van der Waals surface area contributed by atoms with Gasteiger partial charge in [-0.05, 0) is 105 Å². The molecule has 0 bridgehead atoms. The van der Waals surface area contributed by atoms with E-state index in [9.17, 15) is 53.7 Å². The first-order valence-corrected chi connectivity index (χ1v) is 26.8. The van der Waals surface area contributed by atoms with Crippen LogP contribution in [0.2, 0.25) is 0 Å². The number of fused-ring (bicyclic) bond motifs is 7. The Morgan fingerprint density at radius 1 is 0.948 bits per heavy atom. The van der Waals surface area contributed by atoms with Crippen LogP contribution >= 0.6 is 11.3 Å². The van der Waals surface area contributed by atoms with E-state index in [1.54, 1.807) is 42.6 Å². The number of ether oxygens (including phenoxy) is 3. The molecular formula is C55H67N7O14S. The molecule has 0 spiro atoms. The number of nitrogens with one attached hydrogen (secondary N) is 5. The standard InChI is InChI=1S/C55H67N7O14S/c1-30(64)59-40(6-4-5-21-56)48(71)57-27-45(68)61-41(17-18-46(69)70)49(72)60-35-14-9-32(10-15-35)29-74-52(73)62-51-58-26-37(77-51)22-31-7-11-33(12-8-31)50-75-44-24-39-38-16-13-34-23-36(65)19-20-53(34,2)47(38)42(66)25-54(39,3)55(44,76-50)43(67)28-63/h7-12,14-15,19-20,23,26,38-42,44,47,50,63,66H,4-6,13,16-18,21-22,24-25,27-29,56H2,1-3H3,(H,57,71)(H,59,64)(H,60,72)(H,61,68)(H,69,70)(H,58,62,73)/t38-,39-,40-,41-,42-,44+,47+,50+,53-,54-,55+/m0/s1. The van der Waals surface area contributed by atoms with Crippen LogP contribution in [-0.2, 0) is 60.8 Å². The van der Waals surface area contributed by atoms with Crippen LogP contribution in [0.4, 0.5) is 15.6 Å². The molecule has 3 saturated carbocycles. The Bertz CT molecular complexity index is 2800. The van der Waals surface area contributed by atoms with E-state index >= 15 is 0 Å². The number of aromatic nitrogens is 1. The van der Waals surface area contributed by atoms with Crippen molar-refractivity contribution in [3.63, 3.8) is 0 Å². The maximum absolute atomic E-state index is 14.0. The molecule has 412 valence electrons. The third-order valence-corrected chi connectivity index (χ3v) is 17.1. The number of carbonyl (C=O) groups excluding carboxylic acids is 7. The lowest BCUT2D eigenvalue weighted by molar-refractivity contribution is -0.201. The maximum Gasteiger partial charge on any atom is 0.413 e. The van der Waals surface area contributed by atoms with Crippen LogP contribution in [0.1, 0.15) is 106 Å². The number of nitrogens with zero attached hydrogens (tertiary/aromatic N) is 1. The number of carboxylic acids is 1. The SMILES string of the molecule is CC(=O)N[C@@H](CCCCN)C(=O)NCC(=O)N[C@@H](CCC(=O)O)C(=O)Nc1ccc(COC(=O)Nc2ncc(Cc3ccc([C@@H]4O[C@@H]5C[C@H]6[C@@H]7CCC8=CC(=O)C=C[C@]8(C)[C@H]7[C@@H](O)C[C@]6(C)[C@]5(C(=O)CO)O4)cc3)s2)cc1. The van der Waals surface area contributed by atoms with Crippen molar-refractivity contribution in [3.8, 4) is 0 Å². The zero-order chi connectivity index (χ0) is 55.2. The van der Waals surface area contributed by atoms with Crippen LogP contribution < -0.4 is 32.3 Å². The Labute approximate surface area is 449 Å². The quantitative estimate of drug-likeness (QED) is 0.0639. The second kappa shape index (κ2) is 23.9. The van der Waals surface area contributed by atoms with Crippen LogP contribution in [0.25, 0.3) is 0 Å². The number of nitrogens with two attached hydrogens (primary N) is 1. The predicted molar refractivity (Wildman–Crippen MR) is 279 cm³/mol. The number of aliphatic hydroxyl groups is 2. The van der Waals surface area contributed by atoms with Gasteiger partial charge in [-0.2, -0.15) is 0 Å². The number of Topliss-reactive ketones (excluding diaryl/α,β-unsaturated/α-hetero) is 1. The summed E-state index contributed by atoms with van der Waals surface area (Å²) in [5.41, 5.74) is 6.32. The van der Waals surface area contributed by atoms with Crippen LogP contribution in [0.3, 0.4) is 0 Å². The van der Waals surface area contributed by atoms with E-state index in [0.29, 0.717) is 60.6 Å². The fourth-order valence-electron chi connectivity index (χ4n) is 12.5. The average Bonchev–Trinajstić information content (AvgIpc) is 4.31. The first-order chi connectivity index (χ1) is 36.8. The molecule has 4 fully saturated rings. The molecule has 2 aromatic carbocycles. The van der Waals surface area contributed by atoms with Gasteiger partial charge in [0.1, 0.15) is 25.3 Å². The molecule has 11 atom stereocenters. The lowest BCUT2D eigenvalue weighted by Crippen LogP contribution is -2.63. The number of benzene rings is 2. The molecule has 5 aliphatic rings. The fraction of sp³-hybridized carbons (Fsp3) is 0.509. The van der Waals surface area contributed by atoms with Gasteiger partial charge in [0.15, 0.2) is 28.6 Å². The molecule has 0 radical (unpaired) electrons. The summed E-state index contributed by atoms with van der Waals surface area (Å²) in [6.07, 6.45) is 7.47. The molecule has 22 heteroatoms. The molecule has 3 aromatic rings. The molecule has 8 rings (SSSR count). The van der Waals surface area contributed by atoms with Gasteiger partial charge in [0.25, 0.3) is 0 Å². The van der Waals surface area contributed by atoms with E-state index in [0.717, 1.165) is 28.9 Å². The summed E-state index contributed by atoms with van der Waals surface area (Å²) in [7, 11) is 0. The number of carboxylic acid groups (broad SMARTS) is 1. The van der Waals surface area contributed by atoms with Crippen molar-refractivity contribution in [2.45, 2.75) is 128 Å². The van der Waals surface area contributed by atoms with E-state index in [-0.39, 0.29) is 43.0 Å². The number of carbonyl (C=O) groups is 8. The lowest BCUT2D eigenvalue weighted by atomic mass is 9.46. The Hall–Kier alpha value is -6.69. The highest BCUT2D eigenvalue weighted by Crippen LogP contribution is 2.70. The number of hydrogen-bond donors (Lipinski definition) is 9. The lowest BCUT2D eigenvalue weighted by Gasteiger charge is -2.59. The molecule has 4 aliphatic carbocycles. The van der Waals surface area contributed by atoms with Gasteiger partial charge in [-0.3, -0.25) is 38.9 Å². The summed E-state index contributed by atoms with van der Waals surface area (Å²) < 4.78 is 18.8. The minimum atomic E-state index is -1.46. The molecule has 10 N–H and O–H groups in total. The fourth-order valence-corrected chi connectivity index (χ4v) is 13.4. The van der Waals surface area contributed by atoms with Crippen LogP contribution in [0.15, 0.2) is 78.5 Å². The summed E-state index contributed by atoms with van der Waals surface area (Å²) in [6, 6.07) is 11.7. The van der Waals surface area contributed by atoms with Crippen LogP contribution in [0, 0.1) is 28.6 Å². The number of unbranched alkanes of at least 4 members (excludes halogenated alkanes) is 1. The van der Waals surface area contributed by atoms with Crippen molar-refractivity contribution in [1.82, 2.24) is 20.9 Å². The molecule has 1 aromatic heterocycles. The van der Waals surface area contributed by atoms with Crippen LogP contribution in [0.5, 0.6) is 0 Å². The number of allylic oxidation sites excluding steroid dienone is 4. The molecular weight excluding hydrogens is 1010 g/mol. The number of ketones is 2. The molecule has 21 nitrogen and oxygen atoms in total. The zero-order valence-corrected chi connectivity index (χ0v) is 44.0. The molecule has 1 aliphatic heterocycles. The summed E-state index contributed by atoms with van der Waals surface area (Å²) in [5.74, 6) is -4.28. The highest BCUT2D eigenvalue weighted by molar-refractivity contribution is 7.15. The number of thiazole rings is 1. The van der Waals surface area contributed by atoms with E-state index in [2.05, 4.69) is 38.5 Å². The minimum Gasteiger partial charge on any atom is -0.481 e. The molecule has 2 heterocycles. The monoisotopic (exact) mass is 1080 g/mol. The number of hydrogen-bond acceptors (Lipinski definition) is 16. The first kappa shape index (κ1) is 56.5. The molecule has 5 amide bonds. The van der Waals surface area contributed by atoms with Gasteiger partial charge in [0.05, 0.1) is 18.8 Å². The number of anilines is 2. The van der Waals surface area contributed by atoms with Gasteiger partial charge in [0.2, 0.25) is 23.6 Å². The van der Waals surface area contributed by atoms with Gasteiger partial charge < -0.3 is 56.5 Å². The molecule has 77 heavy (non-hydrogen) atoms. The van der Waals surface area contributed by atoms with Gasteiger partial charge in [-0.25, -0.2) is 9.78 Å². The van der Waals surface area contributed by atoms with E-state index in [1.165, 1.54) is 18.3 Å². The number of amides is 5. The van der Waals surface area contributed by atoms with Crippen molar-refractivity contribution in [3.05, 3.63) is 100 Å². The second-order valence-corrected chi connectivity index (χ2v) is 22.2. The predicted octanol–water partition coefficient (Wildman–Crippen LogP) is 4.12. The summed E-state index contributed by atoms with van der Waals surface area (Å²) in [5, 5.41) is 44.6. The summed E-state index contributed by atoms with van der Waals surface area (Å²) >= 11 is 1.27. The minimum absolute atomic E-state index is 0.0238. The van der Waals surface area contributed by atoms with Gasteiger partial charge in [0, 0.05) is 58.8 Å². The van der Waals surface area contributed by atoms with Crippen LogP contribution in [-0.4, -0.2) is 117 Å². The van der Waals surface area contributed by atoms with Crippen molar-refractivity contribution < 1.29 is 67.9 Å². The third kappa shape index (κ3) is 12.2. The van der Waals surface area contributed by atoms with Gasteiger partial charge >= 0.3 is 12.1 Å². The Balaban J connectivity index is 0.802.